The second-order valence-electron chi connectivity index (χ2n) is 6.66. The Hall–Kier alpha value is -3.92. The molecule has 0 bridgehead atoms. The Morgan fingerprint density at radius 2 is 0.933 bits per heavy atom. The van der Waals surface area contributed by atoms with Crippen LogP contribution < -0.4 is 9.47 Å². The molecule has 0 aromatic heterocycles. The maximum atomic E-state index is 11.0. The fourth-order valence-electron chi connectivity index (χ4n) is 2.78. The highest BCUT2D eigenvalue weighted by Gasteiger charge is 1.98. The number of rotatable bonds is 6. The van der Waals surface area contributed by atoms with Crippen molar-refractivity contribution in [3.63, 3.8) is 0 Å². The van der Waals surface area contributed by atoms with Crippen LogP contribution in [0.3, 0.4) is 0 Å². The zero-order valence-electron chi connectivity index (χ0n) is 16.9. The van der Waals surface area contributed by atoms with Gasteiger partial charge in [0.2, 0.25) is 0 Å². The van der Waals surface area contributed by atoms with Crippen molar-refractivity contribution in [1.82, 2.24) is 0 Å². The number of ether oxygens (including phenoxy) is 2. The largest absolute Gasteiger partial charge is 0.427 e. The van der Waals surface area contributed by atoms with Gasteiger partial charge in [0, 0.05) is 13.8 Å². The minimum Gasteiger partial charge on any atom is -0.427 e. The second kappa shape index (κ2) is 10.0. The predicted octanol–water partition coefficient (Wildman–Crippen LogP) is 5.88. The molecule has 3 rings (SSSR count). The van der Waals surface area contributed by atoms with Gasteiger partial charge in [0.25, 0.3) is 0 Å². The molecular formula is C26H22O4. The molecule has 0 N–H and O–H groups in total. The molecule has 0 aliphatic heterocycles. The number of hydrogen-bond acceptors (Lipinski definition) is 4. The lowest BCUT2D eigenvalue weighted by Crippen LogP contribution is -2.00. The van der Waals surface area contributed by atoms with Crippen LogP contribution in [0.2, 0.25) is 0 Å². The molecule has 0 amide bonds. The van der Waals surface area contributed by atoms with E-state index < -0.39 is 0 Å². The summed E-state index contributed by atoms with van der Waals surface area (Å²) in [7, 11) is 0. The summed E-state index contributed by atoms with van der Waals surface area (Å²) in [6.07, 6.45) is 8.08. The quantitative estimate of drug-likeness (QED) is 0.296. The normalized spacial score (nSPS) is 11.0. The van der Waals surface area contributed by atoms with Gasteiger partial charge in [-0.2, -0.15) is 0 Å². The Kier molecular flexibility index (Phi) is 6.95. The third-order valence-electron chi connectivity index (χ3n) is 4.13. The molecular weight excluding hydrogens is 376 g/mol. The highest BCUT2D eigenvalue weighted by molar-refractivity contribution is 5.75. The monoisotopic (exact) mass is 398 g/mol. The summed E-state index contributed by atoms with van der Waals surface area (Å²) in [6.45, 7) is 2.76. The van der Waals surface area contributed by atoms with Gasteiger partial charge in [0.15, 0.2) is 0 Å². The summed E-state index contributed by atoms with van der Waals surface area (Å²) in [5.41, 5.74) is 4.18. The Morgan fingerprint density at radius 3 is 1.30 bits per heavy atom. The summed E-state index contributed by atoms with van der Waals surface area (Å²) in [5.74, 6) is 0.410. The number of hydrogen-bond donors (Lipinski definition) is 0. The highest BCUT2D eigenvalue weighted by Crippen LogP contribution is 2.17. The molecule has 0 radical (unpaired) electrons. The first-order valence-electron chi connectivity index (χ1n) is 9.51. The first kappa shape index (κ1) is 20.8. The lowest BCUT2D eigenvalue weighted by molar-refractivity contribution is -0.132. The lowest BCUT2D eigenvalue weighted by Gasteiger charge is -2.02. The van der Waals surface area contributed by atoms with Gasteiger partial charge >= 0.3 is 11.9 Å². The van der Waals surface area contributed by atoms with Crippen LogP contribution in [0.5, 0.6) is 11.5 Å². The van der Waals surface area contributed by atoms with Crippen molar-refractivity contribution >= 4 is 36.2 Å². The van der Waals surface area contributed by atoms with E-state index in [0.29, 0.717) is 11.5 Å². The molecule has 4 nitrogen and oxygen atoms in total. The van der Waals surface area contributed by atoms with Crippen molar-refractivity contribution < 1.29 is 19.1 Å². The van der Waals surface area contributed by atoms with Gasteiger partial charge in [-0.15, -0.1) is 0 Å². The number of esters is 2. The standard InChI is InChI=1S/C26H22O4/c1-19(27)29-25-14-10-21(11-15-25)6-8-23-4-3-5-24(18-23)9-7-22-12-16-26(17-13-22)30-20(2)28/h3-18H,1-2H3/b8-6+,9-7+. The maximum Gasteiger partial charge on any atom is 0.308 e. The molecule has 0 saturated carbocycles. The van der Waals surface area contributed by atoms with Crippen molar-refractivity contribution in [3.8, 4) is 11.5 Å². The maximum absolute atomic E-state index is 11.0. The van der Waals surface area contributed by atoms with Crippen molar-refractivity contribution in [3.05, 3.63) is 95.1 Å². The molecule has 3 aromatic rings. The fourth-order valence-corrected chi connectivity index (χ4v) is 2.78. The first-order chi connectivity index (χ1) is 14.5. The van der Waals surface area contributed by atoms with Crippen molar-refractivity contribution in [1.29, 1.82) is 0 Å². The van der Waals surface area contributed by atoms with E-state index in [9.17, 15) is 9.59 Å². The van der Waals surface area contributed by atoms with Crippen LogP contribution in [0.25, 0.3) is 24.3 Å². The number of carbonyl (C=O) groups is 2. The van der Waals surface area contributed by atoms with Crippen molar-refractivity contribution in [2.75, 3.05) is 0 Å². The average molecular weight is 398 g/mol. The molecule has 0 spiro atoms. The highest BCUT2D eigenvalue weighted by atomic mass is 16.5. The van der Waals surface area contributed by atoms with E-state index in [1.54, 1.807) is 24.3 Å². The van der Waals surface area contributed by atoms with E-state index in [0.717, 1.165) is 22.3 Å². The minimum absolute atomic E-state index is 0.330. The first-order valence-corrected chi connectivity index (χ1v) is 9.51. The topological polar surface area (TPSA) is 52.6 Å². The Balaban J connectivity index is 1.65. The van der Waals surface area contributed by atoms with E-state index in [1.165, 1.54) is 13.8 Å². The lowest BCUT2D eigenvalue weighted by atomic mass is 10.1. The van der Waals surface area contributed by atoms with Crippen LogP contribution in [0.15, 0.2) is 72.8 Å². The molecule has 0 heterocycles. The summed E-state index contributed by atoms with van der Waals surface area (Å²) in [6, 6.07) is 22.9. The summed E-state index contributed by atoms with van der Waals surface area (Å²) in [4.78, 5) is 22.0. The van der Waals surface area contributed by atoms with Crippen molar-refractivity contribution in [2.24, 2.45) is 0 Å². The van der Waals surface area contributed by atoms with Crippen LogP contribution in [0.4, 0.5) is 0 Å². The van der Waals surface area contributed by atoms with Crippen LogP contribution in [0, 0.1) is 0 Å². The van der Waals surface area contributed by atoms with E-state index >= 15 is 0 Å². The molecule has 0 unspecified atom stereocenters. The van der Waals surface area contributed by atoms with Gasteiger partial charge in [0.1, 0.15) is 11.5 Å². The van der Waals surface area contributed by atoms with E-state index in [-0.39, 0.29) is 11.9 Å². The van der Waals surface area contributed by atoms with E-state index in [2.05, 4.69) is 6.07 Å². The summed E-state index contributed by atoms with van der Waals surface area (Å²) >= 11 is 0. The molecule has 0 aliphatic carbocycles. The predicted molar refractivity (Wildman–Crippen MR) is 120 cm³/mol. The average Bonchev–Trinajstić information content (AvgIpc) is 2.72. The second-order valence-corrected chi connectivity index (χ2v) is 6.66. The third kappa shape index (κ3) is 6.60. The van der Waals surface area contributed by atoms with Gasteiger partial charge < -0.3 is 9.47 Å². The van der Waals surface area contributed by atoms with Gasteiger partial charge in [-0.25, -0.2) is 0 Å². The summed E-state index contributed by atoms with van der Waals surface area (Å²) < 4.78 is 10.1. The molecule has 0 atom stereocenters. The fraction of sp³-hybridized carbons (Fsp3) is 0.0769. The van der Waals surface area contributed by atoms with E-state index in [4.69, 9.17) is 9.47 Å². The van der Waals surface area contributed by atoms with Gasteiger partial charge in [-0.1, -0.05) is 66.8 Å². The molecule has 3 aromatic carbocycles. The third-order valence-corrected chi connectivity index (χ3v) is 4.13. The number of benzene rings is 3. The van der Waals surface area contributed by atoms with Gasteiger partial charge in [-0.05, 0) is 52.6 Å². The molecule has 30 heavy (non-hydrogen) atoms. The van der Waals surface area contributed by atoms with Gasteiger partial charge in [0.05, 0.1) is 0 Å². The summed E-state index contributed by atoms with van der Waals surface area (Å²) in [5, 5.41) is 0. The van der Waals surface area contributed by atoms with Crippen LogP contribution in [0.1, 0.15) is 36.1 Å². The Labute approximate surface area is 176 Å². The van der Waals surface area contributed by atoms with E-state index in [1.807, 2.05) is 66.8 Å². The molecule has 150 valence electrons. The van der Waals surface area contributed by atoms with Crippen LogP contribution in [-0.2, 0) is 9.59 Å². The zero-order valence-corrected chi connectivity index (χ0v) is 16.9. The zero-order chi connectivity index (χ0) is 21.3. The molecule has 0 fully saturated rings. The Bertz CT molecular complexity index is 990. The van der Waals surface area contributed by atoms with Crippen LogP contribution in [-0.4, -0.2) is 11.9 Å². The Morgan fingerprint density at radius 1 is 0.567 bits per heavy atom. The molecule has 0 saturated heterocycles. The van der Waals surface area contributed by atoms with Crippen molar-refractivity contribution in [2.45, 2.75) is 13.8 Å². The number of carbonyl (C=O) groups excluding carboxylic acids is 2. The minimum atomic E-state index is -0.330. The molecule has 0 aliphatic rings. The SMILES string of the molecule is CC(=O)Oc1ccc(/C=C/c2cccc(/C=C/c3ccc(OC(C)=O)cc3)c2)cc1. The van der Waals surface area contributed by atoms with Gasteiger partial charge in [-0.3, -0.25) is 9.59 Å². The molecule has 4 heteroatoms. The van der Waals surface area contributed by atoms with Crippen LogP contribution >= 0.6 is 0 Å². The smallest absolute Gasteiger partial charge is 0.308 e.